The van der Waals surface area contributed by atoms with Gasteiger partial charge in [-0.05, 0) is 41.8 Å². The van der Waals surface area contributed by atoms with Gasteiger partial charge in [0.25, 0.3) is 0 Å². The van der Waals surface area contributed by atoms with Crippen LogP contribution in [0.3, 0.4) is 0 Å². The predicted octanol–water partition coefficient (Wildman–Crippen LogP) is 6.16. The molecule has 2 nitrogen and oxygen atoms in total. The molecule has 0 aromatic heterocycles. The molecule has 0 amide bonds. The zero-order chi connectivity index (χ0) is 19.6. The number of halogens is 7. The first-order chi connectivity index (χ1) is 12.0. The zero-order valence-electron chi connectivity index (χ0n) is 12.7. The van der Waals surface area contributed by atoms with E-state index in [4.69, 9.17) is 28.3 Å². The van der Waals surface area contributed by atoms with Crippen LogP contribution in [0.2, 0.25) is 10.0 Å². The molecule has 0 unspecified atom stereocenters. The Morgan fingerprint density at radius 1 is 1.08 bits per heavy atom. The lowest BCUT2D eigenvalue weighted by atomic mass is 10.0. The van der Waals surface area contributed by atoms with Crippen LogP contribution < -0.4 is 0 Å². The largest absolute Gasteiger partial charge is 0.478 e. The van der Waals surface area contributed by atoms with E-state index in [1.54, 1.807) is 0 Å². The van der Waals surface area contributed by atoms with Crippen LogP contribution in [0, 0.1) is 11.6 Å². The summed E-state index contributed by atoms with van der Waals surface area (Å²) in [6, 6.07) is 4.56. The summed E-state index contributed by atoms with van der Waals surface area (Å²) in [7, 11) is 0. The average molecular weight is 411 g/mol. The minimum Gasteiger partial charge on any atom is -0.478 e. The summed E-state index contributed by atoms with van der Waals surface area (Å²) in [5, 5.41) is 7.61. The number of rotatable bonds is 4. The third kappa shape index (κ3) is 4.53. The van der Waals surface area contributed by atoms with Crippen molar-refractivity contribution in [2.75, 3.05) is 0 Å². The summed E-state index contributed by atoms with van der Waals surface area (Å²) < 4.78 is 67.0. The molecule has 0 fully saturated rings. The third-order valence-corrected chi connectivity index (χ3v) is 3.96. The van der Waals surface area contributed by atoms with Crippen LogP contribution in [-0.4, -0.2) is 17.3 Å². The molecule has 0 saturated heterocycles. The molecule has 9 heteroatoms. The van der Waals surface area contributed by atoms with Crippen LogP contribution in [0.15, 0.2) is 36.4 Å². The van der Waals surface area contributed by atoms with E-state index >= 15 is 0 Å². The summed E-state index contributed by atoms with van der Waals surface area (Å²) in [5.41, 5.74) is -2.06. The lowest BCUT2D eigenvalue weighted by Crippen LogP contribution is -2.11. The first-order valence-corrected chi connectivity index (χ1v) is 7.70. The summed E-state index contributed by atoms with van der Waals surface area (Å²) >= 11 is 11.1. The molecule has 0 spiro atoms. The van der Waals surface area contributed by atoms with Gasteiger partial charge in [0.15, 0.2) is 5.82 Å². The van der Waals surface area contributed by atoms with Gasteiger partial charge in [-0.25, -0.2) is 13.6 Å². The second-order valence-corrected chi connectivity index (χ2v) is 6.01. The Bertz CT molecular complexity index is 868. The molecule has 0 heterocycles. The molecule has 0 bridgehead atoms. The van der Waals surface area contributed by atoms with E-state index in [2.05, 4.69) is 0 Å². The highest BCUT2D eigenvalue weighted by atomic mass is 35.5. The molecule has 2 aromatic carbocycles. The standard InChI is InChI=1S/C17H9Cl2F5O2/c18-12-6-9(7-13(19)15(12)21)11(17(22,23)24)4-2-8-1-3-10(16(25)26)14(20)5-8/h1,3-7H,2H2,(H,25,26). The first-order valence-electron chi connectivity index (χ1n) is 6.94. The van der Waals surface area contributed by atoms with Gasteiger partial charge in [0.1, 0.15) is 5.82 Å². The molecule has 2 rings (SSSR count). The highest BCUT2D eigenvalue weighted by molar-refractivity contribution is 6.35. The molecule has 26 heavy (non-hydrogen) atoms. The maximum absolute atomic E-state index is 13.6. The van der Waals surface area contributed by atoms with Gasteiger partial charge in [-0.15, -0.1) is 0 Å². The molecule has 2 aromatic rings. The van der Waals surface area contributed by atoms with Gasteiger partial charge in [-0.2, -0.15) is 13.2 Å². The molecule has 0 aliphatic heterocycles. The van der Waals surface area contributed by atoms with Gasteiger partial charge < -0.3 is 5.11 Å². The van der Waals surface area contributed by atoms with Crippen molar-refractivity contribution in [2.45, 2.75) is 12.6 Å². The SMILES string of the molecule is O=C(O)c1ccc(CC=C(c2cc(Cl)c(F)c(Cl)c2)C(F)(F)F)cc1F. The van der Waals surface area contributed by atoms with Crippen molar-refractivity contribution >= 4 is 34.7 Å². The van der Waals surface area contributed by atoms with E-state index in [0.717, 1.165) is 30.3 Å². The Hall–Kier alpha value is -2.12. The molecule has 0 atom stereocenters. The number of aromatic carboxylic acids is 1. The van der Waals surface area contributed by atoms with Gasteiger partial charge in [-0.3, -0.25) is 0 Å². The summed E-state index contributed by atoms with van der Waals surface area (Å²) in [6.45, 7) is 0. The fourth-order valence-corrected chi connectivity index (χ4v) is 2.67. The van der Waals surface area contributed by atoms with Crippen LogP contribution in [-0.2, 0) is 6.42 Å². The Kier molecular flexibility index (Phi) is 5.93. The number of allylic oxidation sites excluding steroid dienone is 2. The highest BCUT2D eigenvalue weighted by Gasteiger charge is 2.35. The van der Waals surface area contributed by atoms with E-state index in [1.807, 2.05) is 0 Å². The van der Waals surface area contributed by atoms with Crippen molar-refractivity contribution in [1.29, 1.82) is 0 Å². The van der Waals surface area contributed by atoms with Crippen molar-refractivity contribution in [2.24, 2.45) is 0 Å². The molecule has 0 aliphatic carbocycles. The summed E-state index contributed by atoms with van der Waals surface area (Å²) in [6.07, 6.45) is -4.39. The first kappa shape index (κ1) is 20.2. The number of alkyl halides is 3. The minimum absolute atomic E-state index is 0.119. The Morgan fingerprint density at radius 3 is 2.12 bits per heavy atom. The smallest absolute Gasteiger partial charge is 0.416 e. The Morgan fingerprint density at radius 2 is 1.65 bits per heavy atom. The normalized spacial score (nSPS) is 12.3. The number of carbonyl (C=O) groups is 1. The van der Waals surface area contributed by atoms with Crippen LogP contribution in [0.5, 0.6) is 0 Å². The van der Waals surface area contributed by atoms with Gasteiger partial charge in [-0.1, -0.05) is 35.3 Å². The van der Waals surface area contributed by atoms with Crippen LogP contribution >= 0.6 is 23.2 Å². The third-order valence-electron chi connectivity index (χ3n) is 3.41. The summed E-state index contributed by atoms with van der Waals surface area (Å²) in [4.78, 5) is 10.8. The molecule has 0 aliphatic rings. The van der Waals surface area contributed by atoms with Crippen molar-refractivity contribution in [1.82, 2.24) is 0 Å². The second-order valence-electron chi connectivity index (χ2n) is 5.19. The van der Waals surface area contributed by atoms with Crippen molar-refractivity contribution < 1.29 is 31.9 Å². The van der Waals surface area contributed by atoms with Gasteiger partial charge in [0.05, 0.1) is 21.2 Å². The van der Waals surface area contributed by atoms with E-state index in [-0.39, 0.29) is 12.0 Å². The fourth-order valence-electron chi connectivity index (χ4n) is 2.19. The van der Waals surface area contributed by atoms with Crippen LogP contribution in [0.1, 0.15) is 21.5 Å². The number of carboxylic acid groups (broad SMARTS) is 1. The van der Waals surface area contributed by atoms with E-state index < -0.39 is 50.5 Å². The molecule has 1 N–H and O–H groups in total. The quantitative estimate of drug-likeness (QED) is 0.484. The lowest BCUT2D eigenvalue weighted by molar-refractivity contribution is -0.0690. The van der Waals surface area contributed by atoms with Crippen molar-refractivity contribution in [3.05, 3.63) is 74.8 Å². The fraction of sp³-hybridized carbons (Fsp3) is 0.118. The number of hydrogen-bond donors (Lipinski definition) is 1. The van der Waals surface area contributed by atoms with Crippen molar-refractivity contribution in [3.63, 3.8) is 0 Å². The van der Waals surface area contributed by atoms with E-state index in [1.165, 1.54) is 6.07 Å². The van der Waals surface area contributed by atoms with E-state index in [9.17, 15) is 26.7 Å². The molecule has 138 valence electrons. The molecule has 0 saturated carbocycles. The second kappa shape index (κ2) is 7.63. The highest BCUT2D eigenvalue weighted by Crippen LogP contribution is 2.37. The van der Waals surface area contributed by atoms with Gasteiger partial charge in [0, 0.05) is 0 Å². The number of carboxylic acids is 1. The Labute approximate surface area is 154 Å². The zero-order valence-corrected chi connectivity index (χ0v) is 14.2. The minimum atomic E-state index is -4.80. The molecular formula is C17H9Cl2F5O2. The maximum Gasteiger partial charge on any atom is 0.416 e. The van der Waals surface area contributed by atoms with Crippen LogP contribution in [0.4, 0.5) is 22.0 Å². The number of benzene rings is 2. The van der Waals surface area contributed by atoms with Crippen LogP contribution in [0.25, 0.3) is 5.57 Å². The monoisotopic (exact) mass is 410 g/mol. The average Bonchev–Trinajstić information content (AvgIpc) is 2.51. The van der Waals surface area contributed by atoms with Gasteiger partial charge in [0.2, 0.25) is 0 Å². The van der Waals surface area contributed by atoms with Gasteiger partial charge >= 0.3 is 12.1 Å². The topological polar surface area (TPSA) is 37.3 Å². The Balaban J connectivity index is 2.43. The predicted molar refractivity (Wildman–Crippen MR) is 87.5 cm³/mol. The summed E-state index contributed by atoms with van der Waals surface area (Å²) in [5.74, 6) is -3.59. The molecule has 0 radical (unpaired) electrons. The van der Waals surface area contributed by atoms with E-state index in [0.29, 0.717) is 0 Å². The van der Waals surface area contributed by atoms with Crippen molar-refractivity contribution in [3.8, 4) is 0 Å². The molecular weight excluding hydrogens is 402 g/mol. The maximum atomic E-state index is 13.6. The number of hydrogen-bond acceptors (Lipinski definition) is 1. The lowest BCUT2D eigenvalue weighted by Gasteiger charge is -2.14.